The normalized spacial score (nSPS) is 25.6. The molecule has 2 saturated heterocycles. The molecule has 0 N–H and O–H groups in total. The van der Waals surface area contributed by atoms with Gasteiger partial charge in [0.15, 0.2) is 0 Å². The largest absolute Gasteiger partial charge is 0.378 e. The van der Waals surface area contributed by atoms with Crippen LogP contribution in [0.4, 0.5) is 5.95 Å². The molecule has 2 aliphatic rings. The first kappa shape index (κ1) is 11.9. The Morgan fingerprint density at radius 2 is 1.89 bits per heavy atom. The Kier molecular flexibility index (Phi) is 3.46. The van der Waals surface area contributed by atoms with Crippen molar-refractivity contribution in [1.82, 2.24) is 9.97 Å². The van der Waals surface area contributed by atoms with Gasteiger partial charge in [0.05, 0.1) is 6.10 Å². The molecule has 2 fully saturated rings. The Labute approximate surface area is 108 Å². The summed E-state index contributed by atoms with van der Waals surface area (Å²) in [5.74, 6) is 1.63. The van der Waals surface area contributed by atoms with Crippen LogP contribution in [-0.4, -0.2) is 35.8 Å². The second kappa shape index (κ2) is 5.22. The van der Waals surface area contributed by atoms with Crippen molar-refractivity contribution in [1.29, 1.82) is 0 Å². The van der Waals surface area contributed by atoms with Crippen LogP contribution in [0.2, 0.25) is 0 Å². The van der Waals surface area contributed by atoms with E-state index in [0.717, 1.165) is 37.1 Å². The minimum Gasteiger partial charge on any atom is -0.378 e. The number of ether oxygens (including phenoxy) is 1. The number of hydrogen-bond acceptors (Lipinski definition) is 4. The van der Waals surface area contributed by atoms with Gasteiger partial charge >= 0.3 is 0 Å². The number of anilines is 1. The predicted octanol–water partition coefficient (Wildman–Crippen LogP) is 2.18. The first-order valence-electron chi connectivity index (χ1n) is 6.98. The summed E-state index contributed by atoms with van der Waals surface area (Å²) in [7, 11) is 0. The molecule has 4 heteroatoms. The van der Waals surface area contributed by atoms with E-state index in [-0.39, 0.29) is 0 Å². The lowest BCUT2D eigenvalue weighted by Gasteiger charge is -2.34. The third-order valence-corrected chi connectivity index (χ3v) is 4.08. The van der Waals surface area contributed by atoms with Crippen LogP contribution in [0.5, 0.6) is 0 Å². The topological polar surface area (TPSA) is 38.2 Å². The summed E-state index contributed by atoms with van der Waals surface area (Å²) in [6.45, 7) is 5.11. The molecule has 3 rings (SSSR count). The van der Waals surface area contributed by atoms with Crippen LogP contribution in [0, 0.1) is 12.8 Å². The molecule has 0 spiro atoms. The lowest BCUT2D eigenvalue weighted by atomic mass is 9.90. The van der Waals surface area contributed by atoms with Crippen LogP contribution in [0.3, 0.4) is 0 Å². The second-order valence-corrected chi connectivity index (χ2v) is 5.44. The van der Waals surface area contributed by atoms with Crippen LogP contribution < -0.4 is 4.90 Å². The fourth-order valence-corrected chi connectivity index (χ4v) is 2.99. The fourth-order valence-electron chi connectivity index (χ4n) is 2.99. The molecule has 4 nitrogen and oxygen atoms in total. The molecule has 1 atom stereocenters. The van der Waals surface area contributed by atoms with Gasteiger partial charge in [-0.1, -0.05) is 0 Å². The lowest BCUT2D eigenvalue weighted by molar-refractivity contribution is 0.0530. The molecule has 3 heterocycles. The average molecular weight is 247 g/mol. The van der Waals surface area contributed by atoms with Gasteiger partial charge in [0.1, 0.15) is 0 Å². The van der Waals surface area contributed by atoms with Gasteiger partial charge in [0.2, 0.25) is 5.95 Å². The van der Waals surface area contributed by atoms with E-state index in [4.69, 9.17) is 4.74 Å². The quantitative estimate of drug-likeness (QED) is 0.803. The summed E-state index contributed by atoms with van der Waals surface area (Å²) >= 11 is 0. The van der Waals surface area contributed by atoms with Crippen molar-refractivity contribution in [3.8, 4) is 0 Å². The van der Waals surface area contributed by atoms with Crippen LogP contribution in [0.1, 0.15) is 31.2 Å². The Morgan fingerprint density at radius 3 is 2.50 bits per heavy atom. The number of rotatable bonds is 2. The summed E-state index contributed by atoms with van der Waals surface area (Å²) in [6, 6.07) is 0. The Bertz CT molecular complexity index is 379. The first-order chi connectivity index (χ1) is 8.83. The molecule has 1 aromatic heterocycles. The summed E-state index contributed by atoms with van der Waals surface area (Å²) in [5.41, 5.74) is 1.12. The van der Waals surface area contributed by atoms with E-state index in [1.807, 2.05) is 19.3 Å². The predicted molar refractivity (Wildman–Crippen MR) is 70.7 cm³/mol. The van der Waals surface area contributed by atoms with Gasteiger partial charge in [0.25, 0.3) is 0 Å². The van der Waals surface area contributed by atoms with E-state index in [1.54, 1.807) is 0 Å². The third-order valence-electron chi connectivity index (χ3n) is 4.08. The molecule has 0 bridgehead atoms. The van der Waals surface area contributed by atoms with Crippen molar-refractivity contribution in [2.24, 2.45) is 5.92 Å². The van der Waals surface area contributed by atoms with Crippen molar-refractivity contribution in [3.05, 3.63) is 18.0 Å². The molecule has 1 aromatic rings. The summed E-state index contributed by atoms with van der Waals surface area (Å²) < 4.78 is 5.80. The lowest BCUT2D eigenvalue weighted by Crippen LogP contribution is -2.38. The Morgan fingerprint density at radius 1 is 1.17 bits per heavy atom. The van der Waals surface area contributed by atoms with E-state index in [0.29, 0.717) is 6.10 Å². The zero-order valence-electron chi connectivity index (χ0n) is 11.0. The molecule has 1 unspecified atom stereocenters. The van der Waals surface area contributed by atoms with E-state index in [9.17, 15) is 0 Å². The average Bonchev–Trinajstić information content (AvgIpc) is 2.94. The van der Waals surface area contributed by atoms with Crippen LogP contribution in [-0.2, 0) is 4.74 Å². The smallest absolute Gasteiger partial charge is 0.225 e. The SMILES string of the molecule is Cc1cnc(N2CCC(C3CCCO3)CC2)nc1. The highest BCUT2D eigenvalue weighted by Crippen LogP contribution is 2.29. The molecule has 0 saturated carbocycles. The van der Waals surface area contributed by atoms with Gasteiger partial charge in [-0.25, -0.2) is 9.97 Å². The van der Waals surface area contributed by atoms with E-state index in [2.05, 4.69) is 14.9 Å². The Balaban J connectivity index is 1.57. The van der Waals surface area contributed by atoms with Crippen molar-refractivity contribution in [2.75, 3.05) is 24.6 Å². The standard InChI is InChI=1S/C14H21N3O/c1-11-9-15-14(16-10-11)17-6-4-12(5-7-17)13-3-2-8-18-13/h9-10,12-13H,2-8H2,1H3. The van der Waals surface area contributed by atoms with Crippen molar-refractivity contribution in [3.63, 3.8) is 0 Å². The molecule has 0 aliphatic carbocycles. The van der Waals surface area contributed by atoms with Gasteiger partial charge < -0.3 is 9.64 Å². The molecule has 0 radical (unpaired) electrons. The third kappa shape index (κ3) is 2.48. The zero-order chi connectivity index (χ0) is 12.4. The van der Waals surface area contributed by atoms with Gasteiger partial charge in [-0.15, -0.1) is 0 Å². The number of nitrogens with zero attached hydrogens (tertiary/aromatic N) is 3. The van der Waals surface area contributed by atoms with Crippen molar-refractivity contribution in [2.45, 2.75) is 38.7 Å². The highest BCUT2D eigenvalue weighted by Gasteiger charge is 2.29. The Hall–Kier alpha value is -1.16. The van der Waals surface area contributed by atoms with E-state index < -0.39 is 0 Å². The number of hydrogen-bond donors (Lipinski definition) is 0. The van der Waals surface area contributed by atoms with Gasteiger partial charge in [-0.3, -0.25) is 0 Å². The molecule has 0 amide bonds. The molecule has 98 valence electrons. The highest BCUT2D eigenvalue weighted by atomic mass is 16.5. The van der Waals surface area contributed by atoms with Crippen LogP contribution in [0.25, 0.3) is 0 Å². The minimum atomic E-state index is 0.520. The monoisotopic (exact) mass is 247 g/mol. The second-order valence-electron chi connectivity index (χ2n) is 5.44. The van der Waals surface area contributed by atoms with Crippen LogP contribution in [0.15, 0.2) is 12.4 Å². The van der Waals surface area contributed by atoms with Gasteiger partial charge in [-0.05, 0) is 44.1 Å². The molecule has 18 heavy (non-hydrogen) atoms. The molecule has 0 aromatic carbocycles. The zero-order valence-corrected chi connectivity index (χ0v) is 11.0. The van der Waals surface area contributed by atoms with Crippen LogP contribution >= 0.6 is 0 Å². The van der Waals surface area contributed by atoms with Crippen molar-refractivity contribution < 1.29 is 4.74 Å². The molecular formula is C14H21N3O. The maximum absolute atomic E-state index is 5.80. The maximum atomic E-state index is 5.80. The van der Waals surface area contributed by atoms with Gasteiger partial charge in [-0.2, -0.15) is 0 Å². The first-order valence-corrected chi connectivity index (χ1v) is 6.98. The highest BCUT2D eigenvalue weighted by molar-refractivity contribution is 5.30. The summed E-state index contributed by atoms with van der Waals surface area (Å²) in [6.07, 6.45) is 9.23. The maximum Gasteiger partial charge on any atom is 0.225 e. The van der Waals surface area contributed by atoms with Crippen molar-refractivity contribution >= 4 is 5.95 Å². The molecule has 2 aliphatic heterocycles. The van der Waals surface area contributed by atoms with E-state index >= 15 is 0 Å². The van der Waals surface area contributed by atoms with E-state index in [1.165, 1.54) is 25.7 Å². The fraction of sp³-hybridized carbons (Fsp3) is 0.714. The summed E-state index contributed by atoms with van der Waals surface area (Å²) in [5, 5.41) is 0. The minimum absolute atomic E-state index is 0.520. The number of aryl methyl sites for hydroxylation is 1. The van der Waals surface area contributed by atoms with Gasteiger partial charge in [0, 0.05) is 32.1 Å². The number of aromatic nitrogens is 2. The molecular weight excluding hydrogens is 226 g/mol. The summed E-state index contributed by atoms with van der Waals surface area (Å²) in [4.78, 5) is 11.1. The number of piperidine rings is 1.